The number of benzene rings is 2. The van der Waals surface area contributed by atoms with Crippen LogP contribution in [0.4, 0.5) is 0 Å². The summed E-state index contributed by atoms with van der Waals surface area (Å²) in [5, 5.41) is 9.39. The van der Waals surface area contributed by atoms with Crippen LogP contribution < -0.4 is 9.47 Å². The zero-order chi connectivity index (χ0) is 16.1. The average molecular weight is 300 g/mol. The second kappa shape index (κ2) is 6.98. The molecule has 2 aromatic rings. The van der Waals surface area contributed by atoms with Crippen LogP contribution in [-0.2, 0) is 11.2 Å². The van der Waals surface area contributed by atoms with Crippen molar-refractivity contribution in [2.24, 2.45) is 0 Å². The zero-order valence-electron chi connectivity index (χ0n) is 13.0. The molecule has 1 atom stereocenters. The molecule has 0 spiro atoms. The highest BCUT2D eigenvalue weighted by Gasteiger charge is 2.20. The number of hydrogen-bond acceptors (Lipinski definition) is 3. The van der Waals surface area contributed by atoms with E-state index < -0.39 is 12.1 Å². The first-order chi connectivity index (χ1) is 10.5. The predicted octanol–water partition coefficient (Wildman–Crippen LogP) is 3.39. The van der Waals surface area contributed by atoms with Gasteiger partial charge in [0.1, 0.15) is 11.5 Å². The van der Waals surface area contributed by atoms with Crippen LogP contribution in [0.1, 0.15) is 16.7 Å². The Bertz CT molecular complexity index is 664. The maximum atomic E-state index is 11.5. The summed E-state index contributed by atoms with van der Waals surface area (Å²) < 4.78 is 10.8. The third kappa shape index (κ3) is 4.01. The highest BCUT2D eigenvalue weighted by molar-refractivity contribution is 5.73. The van der Waals surface area contributed by atoms with Crippen LogP contribution in [0.3, 0.4) is 0 Å². The molecular formula is C18H20O4. The minimum Gasteiger partial charge on any atom is -0.497 e. The third-order valence-electron chi connectivity index (χ3n) is 3.59. The van der Waals surface area contributed by atoms with Crippen molar-refractivity contribution in [1.82, 2.24) is 0 Å². The summed E-state index contributed by atoms with van der Waals surface area (Å²) in [6.07, 6.45) is -0.659. The van der Waals surface area contributed by atoms with E-state index in [-0.39, 0.29) is 6.42 Å². The standard InChI is InChI=1S/C18H20O4/c1-12-7-8-16(9-13(12)2)22-17(18(19)20)11-14-5-4-6-15(10-14)21-3/h4-10,17H,11H2,1-3H3,(H,19,20)/t17-/m1/s1. The average Bonchev–Trinajstić information content (AvgIpc) is 2.50. The maximum Gasteiger partial charge on any atom is 0.345 e. The van der Waals surface area contributed by atoms with E-state index in [4.69, 9.17) is 9.47 Å². The van der Waals surface area contributed by atoms with Gasteiger partial charge in [-0.2, -0.15) is 0 Å². The van der Waals surface area contributed by atoms with Crippen molar-refractivity contribution in [3.8, 4) is 11.5 Å². The molecule has 1 N–H and O–H groups in total. The van der Waals surface area contributed by atoms with Gasteiger partial charge in [-0.25, -0.2) is 4.79 Å². The SMILES string of the molecule is COc1cccc(C[C@@H](Oc2ccc(C)c(C)c2)C(=O)O)c1. The first-order valence-corrected chi connectivity index (χ1v) is 7.09. The summed E-state index contributed by atoms with van der Waals surface area (Å²) in [7, 11) is 1.58. The third-order valence-corrected chi connectivity index (χ3v) is 3.59. The number of hydrogen-bond donors (Lipinski definition) is 1. The summed E-state index contributed by atoms with van der Waals surface area (Å²) in [6, 6.07) is 12.9. The van der Waals surface area contributed by atoms with E-state index in [2.05, 4.69) is 0 Å². The van der Waals surface area contributed by atoms with Gasteiger partial charge < -0.3 is 14.6 Å². The molecular weight excluding hydrogens is 280 g/mol. The molecule has 0 radical (unpaired) electrons. The smallest absolute Gasteiger partial charge is 0.345 e. The lowest BCUT2D eigenvalue weighted by Gasteiger charge is -2.16. The fourth-order valence-corrected chi connectivity index (χ4v) is 2.14. The van der Waals surface area contributed by atoms with Crippen molar-refractivity contribution in [1.29, 1.82) is 0 Å². The molecule has 0 fully saturated rings. The molecule has 0 bridgehead atoms. The van der Waals surface area contributed by atoms with Crippen LogP contribution in [0.15, 0.2) is 42.5 Å². The molecule has 0 amide bonds. The van der Waals surface area contributed by atoms with Gasteiger partial charge in [0.15, 0.2) is 6.10 Å². The zero-order valence-corrected chi connectivity index (χ0v) is 13.0. The van der Waals surface area contributed by atoms with E-state index in [0.717, 1.165) is 16.7 Å². The molecule has 0 aliphatic rings. The molecule has 0 unspecified atom stereocenters. The van der Waals surface area contributed by atoms with Gasteiger partial charge in [0, 0.05) is 6.42 Å². The van der Waals surface area contributed by atoms with E-state index in [9.17, 15) is 9.90 Å². The van der Waals surface area contributed by atoms with Gasteiger partial charge in [0.05, 0.1) is 7.11 Å². The molecule has 0 heterocycles. The second-order valence-corrected chi connectivity index (χ2v) is 5.25. The molecule has 116 valence electrons. The molecule has 0 saturated carbocycles. The molecule has 0 aromatic heterocycles. The summed E-state index contributed by atoms with van der Waals surface area (Å²) in [4.78, 5) is 11.5. The van der Waals surface area contributed by atoms with Crippen LogP contribution in [0, 0.1) is 13.8 Å². The number of carboxylic acid groups (broad SMARTS) is 1. The Labute approximate surface area is 130 Å². The highest BCUT2D eigenvalue weighted by atomic mass is 16.5. The van der Waals surface area contributed by atoms with Gasteiger partial charge in [0.25, 0.3) is 0 Å². The highest BCUT2D eigenvalue weighted by Crippen LogP contribution is 2.20. The predicted molar refractivity (Wildman–Crippen MR) is 84.7 cm³/mol. The fourth-order valence-electron chi connectivity index (χ4n) is 2.14. The Balaban J connectivity index is 2.15. The van der Waals surface area contributed by atoms with Gasteiger partial charge in [0.2, 0.25) is 0 Å². The van der Waals surface area contributed by atoms with Gasteiger partial charge in [-0.3, -0.25) is 0 Å². The van der Waals surface area contributed by atoms with Gasteiger partial charge in [-0.1, -0.05) is 18.2 Å². The van der Waals surface area contributed by atoms with E-state index in [1.165, 1.54) is 0 Å². The Morgan fingerprint density at radius 2 is 1.86 bits per heavy atom. The van der Waals surface area contributed by atoms with E-state index in [1.807, 2.05) is 50.2 Å². The topological polar surface area (TPSA) is 55.8 Å². The summed E-state index contributed by atoms with van der Waals surface area (Å²) in [6.45, 7) is 3.98. The van der Waals surface area contributed by atoms with Crippen molar-refractivity contribution in [3.05, 3.63) is 59.2 Å². The number of methoxy groups -OCH3 is 1. The molecule has 2 aromatic carbocycles. The second-order valence-electron chi connectivity index (χ2n) is 5.25. The van der Waals surface area contributed by atoms with Crippen molar-refractivity contribution in [3.63, 3.8) is 0 Å². The van der Waals surface area contributed by atoms with Crippen molar-refractivity contribution >= 4 is 5.97 Å². The minimum absolute atomic E-state index is 0.277. The summed E-state index contributed by atoms with van der Waals surface area (Å²) in [5.74, 6) is 0.285. The first-order valence-electron chi connectivity index (χ1n) is 7.09. The van der Waals surface area contributed by atoms with Crippen LogP contribution >= 0.6 is 0 Å². The van der Waals surface area contributed by atoms with E-state index in [0.29, 0.717) is 11.5 Å². The summed E-state index contributed by atoms with van der Waals surface area (Å²) in [5.41, 5.74) is 3.07. The summed E-state index contributed by atoms with van der Waals surface area (Å²) >= 11 is 0. The van der Waals surface area contributed by atoms with E-state index in [1.54, 1.807) is 13.2 Å². The van der Waals surface area contributed by atoms with Crippen LogP contribution in [0.25, 0.3) is 0 Å². The molecule has 0 aliphatic heterocycles. The maximum absolute atomic E-state index is 11.5. The lowest BCUT2D eigenvalue weighted by Crippen LogP contribution is -2.29. The van der Waals surface area contributed by atoms with Crippen molar-refractivity contribution < 1.29 is 19.4 Å². The van der Waals surface area contributed by atoms with Crippen LogP contribution in [-0.4, -0.2) is 24.3 Å². The Hall–Kier alpha value is -2.49. The van der Waals surface area contributed by atoms with Crippen molar-refractivity contribution in [2.75, 3.05) is 7.11 Å². The molecule has 4 heteroatoms. The van der Waals surface area contributed by atoms with Crippen LogP contribution in [0.2, 0.25) is 0 Å². The lowest BCUT2D eigenvalue weighted by molar-refractivity contribution is -0.145. The Morgan fingerprint density at radius 3 is 2.50 bits per heavy atom. The largest absolute Gasteiger partial charge is 0.497 e. The molecule has 4 nitrogen and oxygen atoms in total. The minimum atomic E-state index is -0.985. The van der Waals surface area contributed by atoms with Gasteiger partial charge >= 0.3 is 5.97 Å². The molecule has 0 aliphatic carbocycles. The number of aryl methyl sites for hydroxylation is 2. The number of carboxylic acids is 1. The van der Waals surface area contributed by atoms with E-state index >= 15 is 0 Å². The number of ether oxygens (including phenoxy) is 2. The van der Waals surface area contributed by atoms with Crippen molar-refractivity contribution in [2.45, 2.75) is 26.4 Å². The number of aliphatic carboxylic acids is 1. The van der Waals surface area contributed by atoms with Gasteiger partial charge in [-0.15, -0.1) is 0 Å². The number of carbonyl (C=O) groups is 1. The molecule has 2 rings (SSSR count). The normalized spacial score (nSPS) is 11.8. The number of rotatable bonds is 6. The Kier molecular flexibility index (Phi) is 5.04. The molecule has 22 heavy (non-hydrogen) atoms. The van der Waals surface area contributed by atoms with Gasteiger partial charge in [-0.05, 0) is 54.8 Å². The van der Waals surface area contributed by atoms with Crippen LogP contribution in [0.5, 0.6) is 11.5 Å². The Morgan fingerprint density at radius 1 is 1.09 bits per heavy atom. The fraction of sp³-hybridized carbons (Fsp3) is 0.278. The first kappa shape index (κ1) is 15.9. The quantitative estimate of drug-likeness (QED) is 0.888. The lowest BCUT2D eigenvalue weighted by atomic mass is 10.1. The molecule has 0 saturated heterocycles. The monoisotopic (exact) mass is 300 g/mol.